The molecule has 0 spiro atoms. The van der Waals surface area contributed by atoms with Crippen LogP contribution in [0.5, 0.6) is 0 Å². The van der Waals surface area contributed by atoms with Crippen LogP contribution < -0.4 is 10.9 Å². The van der Waals surface area contributed by atoms with Crippen molar-refractivity contribution in [1.82, 2.24) is 20.6 Å². The van der Waals surface area contributed by atoms with Crippen molar-refractivity contribution in [2.24, 2.45) is 0 Å². The molecule has 6 nitrogen and oxygen atoms in total. The maximum Gasteiger partial charge on any atom is 0.260 e. The summed E-state index contributed by atoms with van der Waals surface area (Å²) < 4.78 is 14.9. The van der Waals surface area contributed by atoms with Crippen molar-refractivity contribution in [3.05, 3.63) is 53.1 Å². The van der Waals surface area contributed by atoms with Crippen LogP contribution in [0, 0.1) is 19.7 Å². The lowest BCUT2D eigenvalue weighted by atomic mass is 10.1. The maximum atomic E-state index is 13.4. The van der Waals surface area contributed by atoms with Crippen LogP contribution in [0.3, 0.4) is 0 Å². The van der Waals surface area contributed by atoms with Crippen LogP contribution in [0.2, 0.25) is 0 Å². The molecule has 0 bridgehead atoms. The number of nitrogens with one attached hydrogen (secondary N) is 2. The van der Waals surface area contributed by atoms with Gasteiger partial charge >= 0.3 is 0 Å². The van der Waals surface area contributed by atoms with Gasteiger partial charge in [0.15, 0.2) is 0 Å². The van der Waals surface area contributed by atoms with Crippen LogP contribution in [0.15, 0.2) is 30.3 Å². The number of aromatic nitrogens is 2. The predicted molar refractivity (Wildman–Crippen MR) is 78.1 cm³/mol. The predicted octanol–water partition coefficient (Wildman–Crippen LogP) is 1.03. The van der Waals surface area contributed by atoms with E-state index in [0.29, 0.717) is 0 Å². The number of nitrogens with zero attached hydrogens (tertiary/aromatic N) is 2. The molecule has 116 valence electrons. The van der Waals surface area contributed by atoms with E-state index in [1.807, 2.05) is 19.9 Å². The van der Waals surface area contributed by atoms with E-state index < -0.39 is 17.6 Å². The van der Waals surface area contributed by atoms with Gasteiger partial charge in [0.05, 0.1) is 12.1 Å². The second-order valence-corrected chi connectivity index (χ2v) is 4.95. The zero-order chi connectivity index (χ0) is 16.1. The van der Waals surface area contributed by atoms with Gasteiger partial charge in [0.2, 0.25) is 5.91 Å². The summed E-state index contributed by atoms with van der Waals surface area (Å²) in [4.78, 5) is 23.4. The number of rotatable bonds is 4. The van der Waals surface area contributed by atoms with Crippen LogP contribution >= 0.6 is 0 Å². The number of aryl methyl sites for hydroxylation is 2. The summed E-state index contributed by atoms with van der Waals surface area (Å²) in [5.41, 5.74) is 6.48. The molecule has 22 heavy (non-hydrogen) atoms. The maximum absolute atomic E-state index is 13.4. The first kappa shape index (κ1) is 15.7. The van der Waals surface area contributed by atoms with E-state index in [4.69, 9.17) is 0 Å². The van der Waals surface area contributed by atoms with Gasteiger partial charge in [-0.05, 0) is 31.5 Å². The topological polar surface area (TPSA) is 76.0 Å². The van der Waals surface area contributed by atoms with E-state index in [0.717, 1.165) is 11.4 Å². The molecule has 2 rings (SSSR count). The van der Waals surface area contributed by atoms with Gasteiger partial charge < -0.3 is 0 Å². The highest BCUT2D eigenvalue weighted by Gasteiger charge is 2.10. The summed E-state index contributed by atoms with van der Waals surface area (Å²) in [5.74, 6) is -1.36. The molecule has 0 aliphatic carbocycles. The molecule has 2 N–H and O–H groups in total. The van der Waals surface area contributed by atoms with Crippen molar-refractivity contribution >= 4 is 11.8 Å². The van der Waals surface area contributed by atoms with Crippen molar-refractivity contribution in [2.45, 2.75) is 26.8 Å². The fraction of sp³-hybridized carbons (Fsp3) is 0.267. The summed E-state index contributed by atoms with van der Waals surface area (Å²) in [6.45, 7) is 3.67. The third kappa shape index (κ3) is 4.15. The van der Waals surface area contributed by atoms with Gasteiger partial charge in [-0.3, -0.25) is 25.1 Å². The second-order valence-electron chi connectivity index (χ2n) is 4.95. The Kier molecular flexibility index (Phi) is 4.88. The number of hydrazine groups is 1. The van der Waals surface area contributed by atoms with Gasteiger partial charge in [-0.25, -0.2) is 4.39 Å². The monoisotopic (exact) mass is 304 g/mol. The third-order valence-electron chi connectivity index (χ3n) is 3.05. The Labute approximate surface area is 127 Å². The van der Waals surface area contributed by atoms with E-state index in [2.05, 4.69) is 16.0 Å². The number of halogens is 1. The molecule has 0 aliphatic rings. The lowest BCUT2D eigenvalue weighted by Crippen LogP contribution is -2.44. The average Bonchev–Trinajstić information content (AvgIpc) is 2.77. The summed E-state index contributed by atoms with van der Waals surface area (Å²) in [7, 11) is 0. The smallest absolute Gasteiger partial charge is 0.260 e. The van der Waals surface area contributed by atoms with Gasteiger partial charge in [0.1, 0.15) is 12.4 Å². The summed E-state index contributed by atoms with van der Waals surface area (Å²) in [6, 6.07) is 7.85. The first-order valence-electron chi connectivity index (χ1n) is 6.78. The van der Waals surface area contributed by atoms with E-state index in [9.17, 15) is 14.0 Å². The Morgan fingerprint density at radius 3 is 2.50 bits per heavy atom. The number of carbonyl (C=O) groups is 2. The first-order valence-corrected chi connectivity index (χ1v) is 6.78. The van der Waals surface area contributed by atoms with E-state index in [-0.39, 0.29) is 18.5 Å². The molecular weight excluding hydrogens is 287 g/mol. The average molecular weight is 304 g/mol. The van der Waals surface area contributed by atoms with Gasteiger partial charge in [-0.15, -0.1) is 0 Å². The molecule has 1 aromatic carbocycles. The van der Waals surface area contributed by atoms with Crippen LogP contribution in [0.4, 0.5) is 4.39 Å². The van der Waals surface area contributed by atoms with E-state index >= 15 is 0 Å². The Morgan fingerprint density at radius 2 is 1.86 bits per heavy atom. The zero-order valence-corrected chi connectivity index (χ0v) is 12.4. The van der Waals surface area contributed by atoms with Crippen molar-refractivity contribution in [2.75, 3.05) is 0 Å². The minimum atomic E-state index is -0.494. The van der Waals surface area contributed by atoms with Crippen LogP contribution in [-0.4, -0.2) is 21.6 Å². The Bertz CT molecular complexity index is 697. The van der Waals surface area contributed by atoms with Crippen LogP contribution in [0.1, 0.15) is 17.0 Å². The molecule has 1 aromatic heterocycles. The van der Waals surface area contributed by atoms with Gasteiger partial charge in [-0.1, -0.05) is 18.2 Å². The molecular formula is C15H17FN4O2. The number of amides is 2. The van der Waals surface area contributed by atoms with Gasteiger partial charge in [0, 0.05) is 5.69 Å². The SMILES string of the molecule is Cc1cc(C)n(CC(=O)NNC(=O)Cc2ccccc2F)n1. The second kappa shape index (κ2) is 6.84. The quantitative estimate of drug-likeness (QED) is 0.828. The fourth-order valence-electron chi connectivity index (χ4n) is 2.01. The molecule has 0 unspecified atom stereocenters. The number of benzene rings is 1. The summed E-state index contributed by atoms with van der Waals surface area (Å²) in [6.07, 6.45) is -0.146. The Hall–Kier alpha value is -2.70. The van der Waals surface area contributed by atoms with Crippen molar-refractivity contribution in [3.63, 3.8) is 0 Å². The first-order chi connectivity index (χ1) is 10.5. The number of hydrogen-bond acceptors (Lipinski definition) is 3. The highest BCUT2D eigenvalue weighted by atomic mass is 19.1. The molecule has 2 amide bonds. The number of hydrogen-bond donors (Lipinski definition) is 2. The largest absolute Gasteiger partial charge is 0.273 e. The Morgan fingerprint density at radius 1 is 1.18 bits per heavy atom. The van der Waals surface area contributed by atoms with Crippen LogP contribution in [-0.2, 0) is 22.6 Å². The lowest BCUT2D eigenvalue weighted by molar-refractivity contribution is -0.129. The van der Waals surface area contributed by atoms with Crippen LogP contribution in [0.25, 0.3) is 0 Å². The molecule has 0 radical (unpaired) electrons. The van der Waals surface area contributed by atoms with E-state index in [1.54, 1.807) is 12.1 Å². The molecule has 0 atom stereocenters. The van der Waals surface area contributed by atoms with Crippen molar-refractivity contribution < 1.29 is 14.0 Å². The normalized spacial score (nSPS) is 10.3. The summed E-state index contributed by atoms with van der Waals surface area (Å²) in [5, 5.41) is 4.15. The van der Waals surface area contributed by atoms with Crippen molar-refractivity contribution in [1.29, 1.82) is 0 Å². The Balaban J connectivity index is 1.82. The minimum Gasteiger partial charge on any atom is -0.273 e. The van der Waals surface area contributed by atoms with Gasteiger partial charge in [0.25, 0.3) is 5.91 Å². The fourth-order valence-corrected chi connectivity index (χ4v) is 2.01. The highest BCUT2D eigenvalue weighted by molar-refractivity contribution is 5.83. The standard InChI is InChI=1S/C15H17FN4O2/c1-10-7-11(2)20(19-10)9-15(22)18-17-14(21)8-12-5-3-4-6-13(12)16/h3-7H,8-9H2,1-2H3,(H,17,21)(H,18,22). The molecule has 0 fully saturated rings. The molecule has 0 aliphatic heterocycles. The molecule has 7 heteroatoms. The molecule has 1 heterocycles. The van der Waals surface area contributed by atoms with Crippen molar-refractivity contribution in [3.8, 4) is 0 Å². The lowest BCUT2D eigenvalue weighted by Gasteiger charge is -2.08. The third-order valence-corrected chi connectivity index (χ3v) is 3.05. The van der Waals surface area contributed by atoms with E-state index in [1.165, 1.54) is 16.8 Å². The zero-order valence-electron chi connectivity index (χ0n) is 12.4. The summed E-state index contributed by atoms with van der Waals surface area (Å²) >= 11 is 0. The molecule has 0 saturated heterocycles. The minimum absolute atomic E-state index is 0.000346. The van der Waals surface area contributed by atoms with Gasteiger partial charge in [-0.2, -0.15) is 5.10 Å². The molecule has 0 saturated carbocycles. The molecule has 2 aromatic rings. The number of carbonyl (C=O) groups excluding carboxylic acids is 2. The highest BCUT2D eigenvalue weighted by Crippen LogP contribution is 2.06.